The van der Waals surface area contributed by atoms with E-state index in [0.717, 1.165) is 25.0 Å². The summed E-state index contributed by atoms with van der Waals surface area (Å²) in [6.07, 6.45) is -2.68. The van der Waals surface area contributed by atoms with Crippen LogP contribution in [0.3, 0.4) is 0 Å². The summed E-state index contributed by atoms with van der Waals surface area (Å²) < 4.78 is 64.7. The minimum absolute atomic E-state index is 0.185. The lowest BCUT2D eigenvalue weighted by Gasteiger charge is -2.24. The number of amides is 1. The summed E-state index contributed by atoms with van der Waals surface area (Å²) in [4.78, 5) is 14.5. The van der Waals surface area contributed by atoms with Crippen molar-refractivity contribution in [1.82, 2.24) is 9.21 Å². The minimum Gasteiger partial charge on any atom is -0.325 e. The fourth-order valence-electron chi connectivity index (χ4n) is 3.46. The number of nitrogens with one attached hydrogen (secondary N) is 1. The van der Waals surface area contributed by atoms with Crippen molar-refractivity contribution in [3.05, 3.63) is 59.7 Å². The molecule has 174 valence electrons. The molecule has 2 aromatic rings. The van der Waals surface area contributed by atoms with Crippen LogP contribution in [-0.2, 0) is 27.5 Å². The Bertz CT molecular complexity index is 1030. The lowest BCUT2D eigenvalue weighted by atomic mass is 10.1. The van der Waals surface area contributed by atoms with Crippen LogP contribution in [0.2, 0.25) is 0 Å². The van der Waals surface area contributed by atoms with Gasteiger partial charge < -0.3 is 5.32 Å². The maximum atomic E-state index is 12.7. The number of carbonyl (C=O) groups excluding carboxylic acids is 1. The van der Waals surface area contributed by atoms with Crippen LogP contribution in [-0.4, -0.2) is 49.7 Å². The summed E-state index contributed by atoms with van der Waals surface area (Å²) in [5.41, 5.74) is 0.395. The molecule has 0 unspecified atom stereocenters. The Hall–Kier alpha value is -2.43. The average molecular weight is 470 g/mol. The number of hydrogen-bond acceptors (Lipinski definition) is 4. The SMILES string of the molecule is C[C@@H](C(=O)Nc1ccc(S(=O)(=O)N2CCCC2)cc1)N(C)Cc1ccc(C(F)(F)F)cc1. The molecule has 1 aliphatic rings. The van der Waals surface area contributed by atoms with Gasteiger partial charge in [-0.25, -0.2) is 8.42 Å². The standard InChI is InChI=1S/C22H26F3N3O3S/c1-16(27(2)15-17-5-7-18(8-6-17)22(23,24)25)21(29)26-19-9-11-20(12-10-19)32(30,31)28-13-3-4-14-28/h5-12,16H,3-4,13-15H2,1-2H3,(H,26,29)/t16-/m0/s1. The molecule has 0 saturated carbocycles. The van der Waals surface area contributed by atoms with E-state index in [4.69, 9.17) is 0 Å². The average Bonchev–Trinajstić information content (AvgIpc) is 3.29. The number of alkyl halides is 3. The summed E-state index contributed by atoms with van der Waals surface area (Å²) in [5.74, 6) is -0.311. The van der Waals surface area contributed by atoms with Crippen molar-refractivity contribution in [1.29, 1.82) is 0 Å². The van der Waals surface area contributed by atoms with Crippen molar-refractivity contribution < 1.29 is 26.4 Å². The molecule has 2 aromatic carbocycles. The van der Waals surface area contributed by atoms with E-state index in [1.807, 2.05) is 0 Å². The Balaban J connectivity index is 1.58. The van der Waals surface area contributed by atoms with E-state index in [0.29, 0.717) is 30.9 Å². The van der Waals surface area contributed by atoms with E-state index in [1.54, 1.807) is 31.0 Å². The van der Waals surface area contributed by atoms with E-state index >= 15 is 0 Å². The number of halogens is 3. The van der Waals surface area contributed by atoms with Crippen molar-refractivity contribution in [3.63, 3.8) is 0 Å². The van der Waals surface area contributed by atoms with Gasteiger partial charge in [-0.05, 0) is 68.8 Å². The maximum Gasteiger partial charge on any atom is 0.416 e. The number of hydrogen-bond donors (Lipinski definition) is 1. The predicted octanol–water partition coefficient (Wildman–Crippen LogP) is 3.95. The zero-order valence-electron chi connectivity index (χ0n) is 17.9. The number of rotatable bonds is 7. The topological polar surface area (TPSA) is 69.7 Å². The maximum absolute atomic E-state index is 12.7. The van der Waals surface area contributed by atoms with Gasteiger partial charge in [0.1, 0.15) is 0 Å². The number of sulfonamides is 1. The minimum atomic E-state index is -4.39. The molecule has 1 amide bonds. The molecule has 0 aliphatic carbocycles. The quantitative estimate of drug-likeness (QED) is 0.667. The number of anilines is 1. The van der Waals surface area contributed by atoms with Crippen molar-refractivity contribution in [2.75, 3.05) is 25.5 Å². The van der Waals surface area contributed by atoms with Gasteiger partial charge in [0.05, 0.1) is 16.5 Å². The third-order valence-corrected chi connectivity index (χ3v) is 7.49. The summed E-state index contributed by atoms with van der Waals surface area (Å²) in [6.45, 7) is 3.01. The molecule has 0 aromatic heterocycles. The van der Waals surface area contributed by atoms with Crippen LogP contribution in [0.25, 0.3) is 0 Å². The van der Waals surface area contributed by atoms with Crippen molar-refractivity contribution in [2.45, 2.75) is 43.4 Å². The van der Waals surface area contributed by atoms with E-state index in [1.165, 1.54) is 28.6 Å². The summed E-state index contributed by atoms with van der Waals surface area (Å²) in [5, 5.41) is 2.75. The molecule has 6 nitrogen and oxygen atoms in total. The Kier molecular flexibility index (Phi) is 7.26. The zero-order chi connectivity index (χ0) is 23.5. The smallest absolute Gasteiger partial charge is 0.325 e. The van der Waals surface area contributed by atoms with Gasteiger partial charge in [0.2, 0.25) is 15.9 Å². The molecule has 1 saturated heterocycles. The van der Waals surface area contributed by atoms with Crippen molar-refractivity contribution >= 4 is 21.6 Å². The van der Waals surface area contributed by atoms with Gasteiger partial charge in [-0.15, -0.1) is 0 Å². The first-order valence-electron chi connectivity index (χ1n) is 10.3. The zero-order valence-corrected chi connectivity index (χ0v) is 18.7. The Morgan fingerprint density at radius 2 is 1.62 bits per heavy atom. The van der Waals surface area contributed by atoms with Gasteiger partial charge in [0.25, 0.3) is 0 Å². The first-order valence-corrected chi connectivity index (χ1v) is 11.7. The van der Waals surface area contributed by atoms with Gasteiger partial charge in [-0.2, -0.15) is 17.5 Å². The normalized spacial score (nSPS) is 16.3. The highest BCUT2D eigenvalue weighted by molar-refractivity contribution is 7.89. The lowest BCUT2D eigenvalue weighted by molar-refractivity contribution is -0.137. The second-order valence-corrected chi connectivity index (χ2v) is 9.85. The molecule has 0 radical (unpaired) electrons. The van der Waals surface area contributed by atoms with Gasteiger partial charge >= 0.3 is 6.18 Å². The first kappa shape index (κ1) is 24.2. The molecule has 0 spiro atoms. The first-order chi connectivity index (χ1) is 15.0. The van der Waals surface area contributed by atoms with E-state index in [9.17, 15) is 26.4 Å². The molecule has 1 fully saturated rings. The second kappa shape index (κ2) is 9.60. The van der Waals surface area contributed by atoms with Crippen LogP contribution < -0.4 is 5.32 Å². The van der Waals surface area contributed by atoms with E-state index in [2.05, 4.69) is 5.32 Å². The molecule has 1 aliphatic heterocycles. The fraction of sp³-hybridized carbons (Fsp3) is 0.409. The van der Waals surface area contributed by atoms with Gasteiger partial charge in [-0.3, -0.25) is 9.69 Å². The van der Waals surface area contributed by atoms with Crippen molar-refractivity contribution in [3.8, 4) is 0 Å². The van der Waals surface area contributed by atoms with Crippen LogP contribution in [0.4, 0.5) is 18.9 Å². The summed E-state index contributed by atoms with van der Waals surface area (Å²) in [7, 11) is -1.82. The molecule has 0 bridgehead atoms. The van der Waals surface area contributed by atoms with Gasteiger partial charge in [-0.1, -0.05) is 12.1 Å². The van der Waals surface area contributed by atoms with E-state index < -0.39 is 27.8 Å². The van der Waals surface area contributed by atoms with Crippen LogP contribution in [0.1, 0.15) is 30.9 Å². The Morgan fingerprint density at radius 1 is 1.06 bits per heavy atom. The monoisotopic (exact) mass is 469 g/mol. The molecule has 10 heteroatoms. The Labute approximate surface area is 186 Å². The number of nitrogens with zero attached hydrogens (tertiary/aromatic N) is 2. The van der Waals surface area contributed by atoms with Gasteiger partial charge in [0.15, 0.2) is 0 Å². The predicted molar refractivity (Wildman–Crippen MR) is 115 cm³/mol. The summed E-state index contributed by atoms with van der Waals surface area (Å²) >= 11 is 0. The van der Waals surface area contributed by atoms with Crippen molar-refractivity contribution in [2.24, 2.45) is 0 Å². The van der Waals surface area contributed by atoms with Crippen LogP contribution >= 0.6 is 0 Å². The highest BCUT2D eigenvalue weighted by atomic mass is 32.2. The number of carbonyl (C=O) groups is 1. The molecule has 32 heavy (non-hydrogen) atoms. The number of likely N-dealkylation sites (N-methyl/N-ethyl adjacent to an activating group) is 1. The Morgan fingerprint density at radius 3 is 2.16 bits per heavy atom. The number of benzene rings is 2. The molecule has 1 atom stereocenters. The third kappa shape index (κ3) is 5.67. The fourth-order valence-corrected chi connectivity index (χ4v) is 4.98. The molecule has 1 heterocycles. The van der Waals surface area contributed by atoms with Crippen LogP contribution in [0.15, 0.2) is 53.4 Å². The second-order valence-electron chi connectivity index (χ2n) is 7.91. The van der Waals surface area contributed by atoms with Crippen LogP contribution in [0.5, 0.6) is 0 Å². The van der Waals surface area contributed by atoms with E-state index in [-0.39, 0.29) is 10.8 Å². The largest absolute Gasteiger partial charge is 0.416 e. The molecular formula is C22H26F3N3O3S. The highest BCUT2D eigenvalue weighted by Gasteiger charge is 2.30. The van der Waals surface area contributed by atoms with Gasteiger partial charge in [0, 0.05) is 25.3 Å². The highest BCUT2D eigenvalue weighted by Crippen LogP contribution is 2.29. The molecular weight excluding hydrogens is 443 g/mol. The molecule has 1 N–H and O–H groups in total. The third-order valence-electron chi connectivity index (χ3n) is 5.58. The summed E-state index contributed by atoms with van der Waals surface area (Å²) in [6, 6.07) is 10.3. The lowest BCUT2D eigenvalue weighted by Crippen LogP contribution is -2.39. The van der Waals surface area contributed by atoms with Crippen LogP contribution in [0, 0.1) is 0 Å². The molecule has 3 rings (SSSR count).